The highest BCUT2D eigenvalue weighted by Gasteiger charge is 2.37. The number of hydrogen-bond donors (Lipinski definition) is 2. The van der Waals surface area contributed by atoms with E-state index in [9.17, 15) is 9.59 Å². The van der Waals surface area contributed by atoms with Crippen molar-refractivity contribution in [2.45, 2.75) is 19.1 Å². The van der Waals surface area contributed by atoms with E-state index in [1.807, 2.05) is 12.1 Å². The summed E-state index contributed by atoms with van der Waals surface area (Å²) in [6, 6.07) is 11.2. The predicted molar refractivity (Wildman–Crippen MR) is 121 cm³/mol. The third-order valence-corrected chi connectivity index (χ3v) is 5.58. The molecule has 1 aliphatic rings. The number of anilines is 2. The van der Waals surface area contributed by atoms with Gasteiger partial charge in [0.05, 0.1) is 29.4 Å². The lowest BCUT2D eigenvalue weighted by Gasteiger charge is -2.11. The van der Waals surface area contributed by atoms with Gasteiger partial charge in [0.2, 0.25) is 5.91 Å². The van der Waals surface area contributed by atoms with Gasteiger partial charge in [-0.25, -0.2) is 4.68 Å². The molecule has 0 bridgehead atoms. The quantitative estimate of drug-likeness (QED) is 0.510. The van der Waals surface area contributed by atoms with E-state index >= 15 is 0 Å². The van der Waals surface area contributed by atoms with E-state index in [2.05, 4.69) is 15.7 Å². The normalized spacial score (nSPS) is 15.0. The molecular formula is C21H17Cl3N4O3. The fourth-order valence-corrected chi connectivity index (χ4v) is 4.12. The first-order chi connectivity index (χ1) is 14.9. The Morgan fingerprint density at radius 2 is 1.97 bits per heavy atom. The topological polar surface area (TPSA) is 85.2 Å². The maximum absolute atomic E-state index is 12.7. The van der Waals surface area contributed by atoms with Crippen LogP contribution in [0.4, 0.5) is 11.5 Å². The molecule has 2 heterocycles. The molecule has 2 N–H and O–H groups in total. The highest BCUT2D eigenvalue weighted by molar-refractivity contribution is 6.36. The number of ether oxygens (including phenoxy) is 1. The Balaban J connectivity index is 1.63. The van der Waals surface area contributed by atoms with E-state index in [1.54, 1.807) is 31.4 Å². The van der Waals surface area contributed by atoms with E-state index in [0.717, 1.165) is 5.56 Å². The summed E-state index contributed by atoms with van der Waals surface area (Å²) in [4.78, 5) is 25.3. The monoisotopic (exact) mass is 478 g/mol. The maximum atomic E-state index is 12.7. The predicted octanol–water partition coefficient (Wildman–Crippen LogP) is 5.18. The van der Waals surface area contributed by atoms with Crippen LogP contribution in [0.5, 0.6) is 0 Å². The van der Waals surface area contributed by atoms with Crippen molar-refractivity contribution in [3.05, 3.63) is 63.2 Å². The summed E-state index contributed by atoms with van der Waals surface area (Å²) in [7, 11) is 1.56. The minimum Gasteiger partial charge on any atom is -0.378 e. The summed E-state index contributed by atoms with van der Waals surface area (Å²) in [5.41, 5.74) is 2.54. The van der Waals surface area contributed by atoms with Crippen LogP contribution in [0, 0.1) is 0 Å². The Bertz CT molecular complexity index is 1180. The van der Waals surface area contributed by atoms with Crippen molar-refractivity contribution < 1.29 is 14.3 Å². The van der Waals surface area contributed by atoms with Gasteiger partial charge in [0.1, 0.15) is 11.9 Å². The minimum atomic E-state index is -0.815. The molecule has 10 heteroatoms. The van der Waals surface area contributed by atoms with Gasteiger partial charge in [0.25, 0.3) is 5.91 Å². The molecule has 0 radical (unpaired) electrons. The molecule has 1 aliphatic heterocycles. The van der Waals surface area contributed by atoms with E-state index in [0.29, 0.717) is 37.8 Å². The first-order valence-corrected chi connectivity index (χ1v) is 10.4. The molecular weight excluding hydrogens is 463 g/mol. The molecule has 2 amide bonds. The molecule has 1 aromatic heterocycles. The van der Waals surface area contributed by atoms with Gasteiger partial charge in [0, 0.05) is 22.7 Å². The molecule has 160 valence electrons. The van der Waals surface area contributed by atoms with Gasteiger partial charge in [-0.05, 0) is 35.9 Å². The SMILES string of the molecule is COCc1nn2c(c1-c1cccc(Cl)c1)NC(=O)C2CC(=O)Nc1ccc(Cl)cc1Cl. The highest BCUT2D eigenvalue weighted by atomic mass is 35.5. The van der Waals surface area contributed by atoms with Crippen LogP contribution in [0.25, 0.3) is 11.1 Å². The number of carbonyl (C=O) groups excluding carboxylic acids is 2. The lowest BCUT2D eigenvalue weighted by molar-refractivity contribution is -0.123. The number of halogens is 3. The van der Waals surface area contributed by atoms with E-state index in [4.69, 9.17) is 39.5 Å². The first kappa shape index (κ1) is 21.6. The fourth-order valence-electron chi connectivity index (χ4n) is 3.47. The standard InChI is InChI=1S/C21H17Cl3N4O3/c1-31-10-16-19(11-3-2-4-12(22)7-11)20-26-21(30)17(28(20)27-16)9-18(29)25-15-6-5-13(23)8-14(15)24/h2-8,17H,9-10H2,1H3,(H,25,29)(H,26,30). The number of nitrogens with zero attached hydrogens (tertiary/aromatic N) is 2. The third-order valence-electron chi connectivity index (χ3n) is 4.80. The van der Waals surface area contributed by atoms with Crippen LogP contribution >= 0.6 is 34.8 Å². The van der Waals surface area contributed by atoms with Gasteiger partial charge >= 0.3 is 0 Å². The van der Waals surface area contributed by atoms with Crippen molar-refractivity contribution in [2.75, 3.05) is 17.7 Å². The molecule has 2 aromatic carbocycles. The fraction of sp³-hybridized carbons (Fsp3) is 0.190. The van der Waals surface area contributed by atoms with E-state index in [1.165, 1.54) is 10.7 Å². The smallest absolute Gasteiger partial charge is 0.251 e. The largest absolute Gasteiger partial charge is 0.378 e. The minimum absolute atomic E-state index is 0.124. The van der Waals surface area contributed by atoms with Crippen LogP contribution < -0.4 is 10.6 Å². The molecule has 0 spiro atoms. The van der Waals surface area contributed by atoms with Crippen molar-refractivity contribution >= 4 is 58.1 Å². The average Bonchev–Trinajstić information content (AvgIpc) is 3.19. The second-order valence-corrected chi connectivity index (χ2v) is 8.22. The highest BCUT2D eigenvalue weighted by Crippen LogP contribution is 2.39. The Hall–Kier alpha value is -2.58. The van der Waals surface area contributed by atoms with Crippen molar-refractivity contribution in [1.82, 2.24) is 9.78 Å². The van der Waals surface area contributed by atoms with Crippen molar-refractivity contribution in [3.8, 4) is 11.1 Å². The number of carbonyl (C=O) groups is 2. The zero-order chi connectivity index (χ0) is 22.1. The molecule has 0 saturated heterocycles. The van der Waals surface area contributed by atoms with E-state index in [-0.39, 0.29) is 24.8 Å². The molecule has 1 atom stereocenters. The number of hydrogen-bond acceptors (Lipinski definition) is 4. The van der Waals surface area contributed by atoms with E-state index < -0.39 is 6.04 Å². The molecule has 31 heavy (non-hydrogen) atoms. The van der Waals surface area contributed by atoms with Crippen LogP contribution in [0.3, 0.4) is 0 Å². The summed E-state index contributed by atoms with van der Waals surface area (Å²) in [5.74, 6) is -0.209. The van der Waals surface area contributed by atoms with Crippen molar-refractivity contribution in [3.63, 3.8) is 0 Å². The average molecular weight is 480 g/mol. The van der Waals surface area contributed by atoms with Gasteiger partial charge in [-0.2, -0.15) is 5.10 Å². The zero-order valence-electron chi connectivity index (χ0n) is 16.3. The number of benzene rings is 2. The summed E-state index contributed by atoms with van der Waals surface area (Å²) < 4.78 is 6.80. The van der Waals surface area contributed by atoms with Crippen LogP contribution in [0.15, 0.2) is 42.5 Å². The molecule has 7 nitrogen and oxygen atoms in total. The second kappa shape index (κ2) is 8.88. The zero-order valence-corrected chi connectivity index (χ0v) is 18.6. The van der Waals surface area contributed by atoms with Gasteiger partial charge in [-0.3, -0.25) is 9.59 Å². The Kier molecular flexibility index (Phi) is 6.20. The first-order valence-electron chi connectivity index (χ1n) is 9.29. The third kappa shape index (κ3) is 4.41. The molecule has 1 unspecified atom stereocenters. The molecule has 3 aromatic rings. The number of methoxy groups -OCH3 is 1. The molecule has 0 fully saturated rings. The number of rotatable bonds is 6. The van der Waals surface area contributed by atoms with Gasteiger partial charge in [-0.1, -0.05) is 46.9 Å². The Morgan fingerprint density at radius 1 is 1.19 bits per heavy atom. The number of fused-ring (bicyclic) bond motifs is 1. The second-order valence-electron chi connectivity index (χ2n) is 6.94. The Labute approximate surface area is 193 Å². The number of amides is 2. The maximum Gasteiger partial charge on any atom is 0.251 e. The van der Waals surface area contributed by atoms with Gasteiger partial charge in [-0.15, -0.1) is 0 Å². The summed E-state index contributed by atoms with van der Waals surface area (Å²) in [5, 5.41) is 11.4. The van der Waals surface area contributed by atoms with Crippen molar-refractivity contribution in [2.24, 2.45) is 0 Å². The van der Waals surface area contributed by atoms with Crippen LogP contribution in [0.1, 0.15) is 18.2 Å². The van der Waals surface area contributed by atoms with Crippen LogP contribution in [-0.2, 0) is 20.9 Å². The molecule has 0 aliphatic carbocycles. The summed E-state index contributed by atoms with van der Waals surface area (Å²) in [6.07, 6.45) is -0.124. The van der Waals surface area contributed by atoms with Gasteiger partial charge < -0.3 is 15.4 Å². The van der Waals surface area contributed by atoms with Crippen molar-refractivity contribution in [1.29, 1.82) is 0 Å². The number of aromatic nitrogens is 2. The molecule has 4 rings (SSSR count). The molecule has 0 saturated carbocycles. The van der Waals surface area contributed by atoms with Crippen LogP contribution in [0.2, 0.25) is 15.1 Å². The summed E-state index contributed by atoms with van der Waals surface area (Å²) in [6.45, 7) is 0.233. The van der Waals surface area contributed by atoms with Crippen LogP contribution in [-0.4, -0.2) is 28.7 Å². The number of nitrogens with one attached hydrogen (secondary N) is 2. The lowest BCUT2D eigenvalue weighted by atomic mass is 10.1. The summed E-state index contributed by atoms with van der Waals surface area (Å²) >= 11 is 18.2. The Morgan fingerprint density at radius 3 is 2.68 bits per heavy atom. The lowest BCUT2D eigenvalue weighted by Crippen LogP contribution is -2.24. The van der Waals surface area contributed by atoms with Gasteiger partial charge in [0.15, 0.2) is 0 Å².